The molecule has 0 fully saturated rings. The summed E-state index contributed by atoms with van der Waals surface area (Å²) in [5.74, 6) is 7.11. The van der Waals surface area contributed by atoms with Crippen molar-refractivity contribution in [1.82, 2.24) is 14.9 Å². The number of aromatic nitrogens is 3. The summed E-state index contributed by atoms with van der Waals surface area (Å²) in [6, 6.07) is 10.5. The van der Waals surface area contributed by atoms with Crippen molar-refractivity contribution in [3.05, 3.63) is 64.5 Å². The molecule has 0 bridgehead atoms. The Morgan fingerprint density at radius 2 is 1.67 bits per heavy atom. The fraction of sp³-hybridized carbons (Fsp3) is 0.222. The van der Waals surface area contributed by atoms with E-state index in [4.69, 9.17) is 5.84 Å². The van der Waals surface area contributed by atoms with Gasteiger partial charge in [-0.3, -0.25) is 0 Å². The Labute approximate surface area is 144 Å². The Bertz CT molecular complexity index is 871. The summed E-state index contributed by atoms with van der Waals surface area (Å²) < 4.78 is 14.5. The van der Waals surface area contributed by atoms with E-state index >= 15 is 0 Å². The van der Waals surface area contributed by atoms with E-state index in [1.54, 1.807) is 12.1 Å². The molecule has 0 spiro atoms. The number of benzene rings is 2. The third-order valence-electron chi connectivity index (χ3n) is 4.08. The normalized spacial score (nSPS) is 11.0. The SMILES string of the molecule is Cc1cc(C)c(CSc2nnc(-c3ccc(F)cc3)n2N)cc1C. The van der Waals surface area contributed by atoms with Gasteiger partial charge in [-0.05, 0) is 67.3 Å². The van der Waals surface area contributed by atoms with E-state index in [-0.39, 0.29) is 5.82 Å². The van der Waals surface area contributed by atoms with Crippen molar-refractivity contribution in [3.63, 3.8) is 0 Å². The number of nitrogen functional groups attached to an aromatic ring is 1. The fourth-order valence-electron chi connectivity index (χ4n) is 2.49. The lowest BCUT2D eigenvalue weighted by Crippen LogP contribution is -2.11. The first kappa shape index (κ1) is 16.5. The van der Waals surface area contributed by atoms with Crippen molar-refractivity contribution in [3.8, 4) is 11.4 Å². The van der Waals surface area contributed by atoms with E-state index in [1.807, 2.05) is 0 Å². The van der Waals surface area contributed by atoms with Crippen LogP contribution in [0.2, 0.25) is 0 Å². The van der Waals surface area contributed by atoms with Gasteiger partial charge in [0.2, 0.25) is 5.16 Å². The van der Waals surface area contributed by atoms with Gasteiger partial charge in [-0.1, -0.05) is 23.9 Å². The first-order valence-corrected chi connectivity index (χ1v) is 8.60. The highest BCUT2D eigenvalue weighted by molar-refractivity contribution is 7.98. The molecule has 0 aliphatic rings. The number of rotatable bonds is 4. The van der Waals surface area contributed by atoms with E-state index < -0.39 is 0 Å². The van der Waals surface area contributed by atoms with Gasteiger partial charge < -0.3 is 5.84 Å². The maximum atomic E-state index is 13.0. The Morgan fingerprint density at radius 1 is 1.00 bits per heavy atom. The molecule has 0 aliphatic heterocycles. The van der Waals surface area contributed by atoms with Crippen molar-refractivity contribution < 1.29 is 4.39 Å². The predicted molar refractivity (Wildman–Crippen MR) is 95.8 cm³/mol. The van der Waals surface area contributed by atoms with Crippen molar-refractivity contribution in [2.75, 3.05) is 5.84 Å². The minimum Gasteiger partial charge on any atom is -0.335 e. The van der Waals surface area contributed by atoms with Gasteiger partial charge in [-0.15, -0.1) is 10.2 Å². The summed E-state index contributed by atoms with van der Waals surface area (Å²) >= 11 is 1.54. The Kier molecular flexibility index (Phi) is 4.57. The van der Waals surface area contributed by atoms with Crippen molar-refractivity contribution >= 4 is 11.8 Å². The highest BCUT2D eigenvalue weighted by Gasteiger charge is 2.13. The molecule has 0 aliphatic carbocycles. The summed E-state index contributed by atoms with van der Waals surface area (Å²) in [6.45, 7) is 6.34. The molecule has 0 radical (unpaired) electrons. The summed E-state index contributed by atoms with van der Waals surface area (Å²) in [6.07, 6.45) is 0. The van der Waals surface area contributed by atoms with Crippen LogP contribution >= 0.6 is 11.8 Å². The summed E-state index contributed by atoms with van der Waals surface area (Å²) in [7, 11) is 0. The number of aryl methyl sites for hydroxylation is 3. The van der Waals surface area contributed by atoms with Gasteiger partial charge in [0.25, 0.3) is 0 Å². The molecular weight excluding hydrogens is 323 g/mol. The molecule has 0 unspecified atom stereocenters. The van der Waals surface area contributed by atoms with Crippen molar-refractivity contribution in [2.45, 2.75) is 31.7 Å². The van der Waals surface area contributed by atoms with Crippen LogP contribution in [0.4, 0.5) is 4.39 Å². The van der Waals surface area contributed by atoms with Crippen LogP contribution in [0, 0.1) is 26.6 Å². The number of hydrogen-bond donors (Lipinski definition) is 1. The third-order valence-corrected chi connectivity index (χ3v) is 5.07. The van der Waals surface area contributed by atoms with Crippen LogP contribution in [0.1, 0.15) is 22.3 Å². The minimum absolute atomic E-state index is 0.290. The molecule has 4 nitrogen and oxygen atoms in total. The Morgan fingerprint density at radius 3 is 2.38 bits per heavy atom. The van der Waals surface area contributed by atoms with E-state index in [0.29, 0.717) is 11.0 Å². The molecule has 2 N–H and O–H groups in total. The van der Waals surface area contributed by atoms with Crippen molar-refractivity contribution in [2.24, 2.45) is 0 Å². The van der Waals surface area contributed by atoms with E-state index in [1.165, 1.54) is 50.8 Å². The molecule has 1 heterocycles. The minimum atomic E-state index is -0.290. The smallest absolute Gasteiger partial charge is 0.210 e. The van der Waals surface area contributed by atoms with Gasteiger partial charge in [0.15, 0.2) is 5.82 Å². The number of halogens is 1. The molecule has 124 valence electrons. The second-order valence-corrected chi connectivity index (χ2v) is 6.78. The molecule has 24 heavy (non-hydrogen) atoms. The summed E-state index contributed by atoms with van der Waals surface area (Å²) in [5.41, 5.74) is 5.82. The first-order valence-electron chi connectivity index (χ1n) is 7.61. The lowest BCUT2D eigenvalue weighted by atomic mass is 10.0. The summed E-state index contributed by atoms with van der Waals surface area (Å²) in [4.78, 5) is 0. The zero-order valence-corrected chi connectivity index (χ0v) is 14.7. The van der Waals surface area contributed by atoms with Crippen molar-refractivity contribution in [1.29, 1.82) is 0 Å². The van der Waals surface area contributed by atoms with Gasteiger partial charge in [0.05, 0.1) is 0 Å². The zero-order valence-electron chi connectivity index (χ0n) is 13.9. The Hall–Kier alpha value is -2.34. The van der Waals surface area contributed by atoms with Gasteiger partial charge in [-0.25, -0.2) is 9.07 Å². The molecule has 2 aromatic carbocycles. The monoisotopic (exact) mass is 342 g/mol. The number of thioether (sulfide) groups is 1. The number of nitrogens with zero attached hydrogens (tertiary/aromatic N) is 3. The Balaban J connectivity index is 1.80. The van der Waals surface area contributed by atoms with Crippen LogP contribution in [0.3, 0.4) is 0 Å². The first-order chi connectivity index (χ1) is 11.5. The number of hydrogen-bond acceptors (Lipinski definition) is 4. The molecule has 6 heteroatoms. The van der Waals surface area contributed by atoms with Gasteiger partial charge >= 0.3 is 0 Å². The molecule has 0 saturated carbocycles. The van der Waals surface area contributed by atoms with Crippen LogP contribution in [-0.2, 0) is 5.75 Å². The molecule has 3 rings (SSSR count). The van der Waals surface area contributed by atoms with Crippen LogP contribution in [0.5, 0.6) is 0 Å². The second-order valence-electron chi connectivity index (χ2n) is 5.83. The lowest BCUT2D eigenvalue weighted by molar-refractivity contribution is 0.628. The number of nitrogens with two attached hydrogens (primary N) is 1. The molecule has 0 atom stereocenters. The zero-order chi connectivity index (χ0) is 17.3. The third kappa shape index (κ3) is 3.28. The average Bonchev–Trinajstić information content (AvgIpc) is 2.91. The topological polar surface area (TPSA) is 56.7 Å². The van der Waals surface area contributed by atoms with E-state index in [2.05, 4.69) is 43.1 Å². The van der Waals surface area contributed by atoms with Crippen LogP contribution < -0.4 is 5.84 Å². The van der Waals surface area contributed by atoms with Crippen LogP contribution in [0.25, 0.3) is 11.4 Å². The average molecular weight is 342 g/mol. The van der Waals surface area contributed by atoms with Gasteiger partial charge in [0, 0.05) is 11.3 Å². The molecule has 0 saturated heterocycles. The molecule has 1 aromatic heterocycles. The standard InChI is InChI=1S/C18H19FN4S/c1-11-8-13(3)15(9-12(11)2)10-24-18-22-21-17(23(18)20)14-4-6-16(19)7-5-14/h4-9H,10,20H2,1-3H3. The second kappa shape index (κ2) is 6.65. The fourth-order valence-corrected chi connectivity index (χ4v) is 3.41. The molecule has 0 amide bonds. The lowest BCUT2D eigenvalue weighted by Gasteiger charge is -2.09. The molecular formula is C18H19FN4S. The van der Waals surface area contributed by atoms with Crippen LogP contribution in [-0.4, -0.2) is 14.9 Å². The largest absolute Gasteiger partial charge is 0.335 e. The van der Waals surface area contributed by atoms with E-state index in [0.717, 1.165) is 11.3 Å². The van der Waals surface area contributed by atoms with Gasteiger partial charge in [0.1, 0.15) is 5.82 Å². The highest BCUT2D eigenvalue weighted by Crippen LogP contribution is 2.26. The predicted octanol–water partition coefficient (Wildman–Crippen LogP) is 4.02. The van der Waals surface area contributed by atoms with Crippen LogP contribution in [0.15, 0.2) is 41.6 Å². The van der Waals surface area contributed by atoms with E-state index in [9.17, 15) is 4.39 Å². The summed E-state index contributed by atoms with van der Waals surface area (Å²) in [5, 5.41) is 8.91. The quantitative estimate of drug-likeness (QED) is 0.575. The maximum Gasteiger partial charge on any atom is 0.210 e. The highest BCUT2D eigenvalue weighted by atomic mass is 32.2. The maximum absolute atomic E-state index is 13.0. The molecule has 3 aromatic rings. The van der Waals surface area contributed by atoms with Gasteiger partial charge in [-0.2, -0.15) is 0 Å².